The molecule has 132 valence electrons. The lowest BCUT2D eigenvalue weighted by Gasteiger charge is -2.04. The Morgan fingerprint density at radius 2 is 1.77 bits per heavy atom. The number of hydrogen-bond donors (Lipinski definition) is 1. The summed E-state index contributed by atoms with van der Waals surface area (Å²) in [5.74, 6) is -0.342. The third-order valence-corrected chi connectivity index (χ3v) is 5.94. The van der Waals surface area contributed by atoms with Gasteiger partial charge < -0.3 is 0 Å². The van der Waals surface area contributed by atoms with Crippen LogP contribution in [0.5, 0.6) is 0 Å². The van der Waals surface area contributed by atoms with Gasteiger partial charge in [-0.15, -0.1) is 16.4 Å². The zero-order chi connectivity index (χ0) is 18.3. The van der Waals surface area contributed by atoms with E-state index in [-0.39, 0.29) is 16.7 Å². The van der Waals surface area contributed by atoms with Crippen molar-refractivity contribution < 1.29 is 12.8 Å². The molecule has 0 radical (unpaired) electrons. The zero-order valence-corrected chi connectivity index (χ0v) is 15.2. The van der Waals surface area contributed by atoms with Gasteiger partial charge >= 0.3 is 0 Å². The SMILES string of the molecule is Cc1ccc(S(=O)(=O)Nc2nc3scc(-c4ccc(F)cc4)n3n2)cc1. The summed E-state index contributed by atoms with van der Waals surface area (Å²) in [7, 11) is -3.77. The Morgan fingerprint density at radius 3 is 2.46 bits per heavy atom. The maximum absolute atomic E-state index is 13.1. The number of benzene rings is 2. The van der Waals surface area contributed by atoms with E-state index in [2.05, 4.69) is 14.8 Å². The maximum atomic E-state index is 13.1. The molecule has 0 fully saturated rings. The predicted octanol–water partition coefficient (Wildman–Crippen LogP) is 3.71. The molecule has 0 saturated carbocycles. The molecule has 4 aromatic rings. The molecule has 0 bridgehead atoms. The molecule has 0 spiro atoms. The Balaban J connectivity index is 1.68. The van der Waals surface area contributed by atoms with Gasteiger partial charge in [-0.05, 0) is 43.3 Å². The number of anilines is 1. The monoisotopic (exact) mass is 388 g/mol. The second-order valence-corrected chi connectivity index (χ2v) is 8.20. The fraction of sp³-hybridized carbons (Fsp3) is 0.0588. The highest BCUT2D eigenvalue weighted by molar-refractivity contribution is 7.92. The van der Waals surface area contributed by atoms with Gasteiger partial charge in [0.05, 0.1) is 10.6 Å². The molecule has 0 atom stereocenters. The third-order valence-electron chi connectivity index (χ3n) is 3.78. The molecule has 0 saturated heterocycles. The van der Waals surface area contributed by atoms with E-state index < -0.39 is 10.0 Å². The zero-order valence-electron chi connectivity index (χ0n) is 13.5. The Kier molecular flexibility index (Phi) is 3.97. The van der Waals surface area contributed by atoms with Crippen LogP contribution in [0.1, 0.15) is 5.56 Å². The van der Waals surface area contributed by atoms with Crippen LogP contribution in [0.15, 0.2) is 58.8 Å². The van der Waals surface area contributed by atoms with Crippen LogP contribution in [-0.2, 0) is 10.0 Å². The minimum Gasteiger partial charge on any atom is -0.246 e. The molecule has 2 aromatic heterocycles. The highest BCUT2D eigenvalue weighted by Gasteiger charge is 2.18. The lowest BCUT2D eigenvalue weighted by Crippen LogP contribution is -2.14. The third kappa shape index (κ3) is 3.06. The number of thiazole rings is 1. The molecule has 6 nitrogen and oxygen atoms in total. The number of sulfonamides is 1. The van der Waals surface area contributed by atoms with E-state index in [0.717, 1.165) is 11.1 Å². The Labute approximate surface area is 153 Å². The normalized spacial score (nSPS) is 11.8. The van der Waals surface area contributed by atoms with Crippen molar-refractivity contribution in [2.45, 2.75) is 11.8 Å². The molecule has 4 rings (SSSR count). The number of rotatable bonds is 4. The Hall–Kier alpha value is -2.78. The number of aromatic nitrogens is 3. The average Bonchev–Trinajstić information content (AvgIpc) is 3.15. The Morgan fingerprint density at radius 1 is 1.08 bits per heavy atom. The molecule has 0 unspecified atom stereocenters. The minimum atomic E-state index is -3.77. The van der Waals surface area contributed by atoms with Crippen molar-refractivity contribution in [3.63, 3.8) is 0 Å². The van der Waals surface area contributed by atoms with Crippen molar-refractivity contribution in [2.75, 3.05) is 4.72 Å². The van der Waals surface area contributed by atoms with Crippen LogP contribution in [0.2, 0.25) is 0 Å². The lowest BCUT2D eigenvalue weighted by molar-refractivity contribution is 0.600. The molecule has 0 aliphatic rings. The van der Waals surface area contributed by atoms with Crippen LogP contribution >= 0.6 is 11.3 Å². The van der Waals surface area contributed by atoms with E-state index in [4.69, 9.17) is 0 Å². The van der Waals surface area contributed by atoms with Crippen LogP contribution in [0, 0.1) is 12.7 Å². The number of halogens is 1. The smallest absolute Gasteiger partial charge is 0.246 e. The highest BCUT2D eigenvalue weighted by Crippen LogP contribution is 2.26. The van der Waals surface area contributed by atoms with Gasteiger partial charge in [-0.25, -0.2) is 22.0 Å². The summed E-state index contributed by atoms with van der Waals surface area (Å²) < 4.78 is 42.0. The van der Waals surface area contributed by atoms with Gasteiger partial charge in [0, 0.05) is 10.9 Å². The maximum Gasteiger partial charge on any atom is 0.264 e. The standard InChI is InChI=1S/C17H13FN4O2S2/c1-11-2-8-14(9-3-11)26(23,24)21-16-19-17-22(20-16)15(10-25-17)12-4-6-13(18)7-5-12/h2-10H,1H3,(H,20,21). The average molecular weight is 388 g/mol. The predicted molar refractivity (Wildman–Crippen MR) is 98.2 cm³/mol. The summed E-state index contributed by atoms with van der Waals surface area (Å²) in [5, 5.41) is 6.07. The van der Waals surface area contributed by atoms with Gasteiger partial charge in [0.2, 0.25) is 4.96 Å². The number of nitrogens with zero attached hydrogens (tertiary/aromatic N) is 3. The van der Waals surface area contributed by atoms with Crippen molar-refractivity contribution >= 4 is 32.3 Å². The largest absolute Gasteiger partial charge is 0.264 e. The van der Waals surface area contributed by atoms with Crippen LogP contribution in [-0.4, -0.2) is 23.0 Å². The summed E-state index contributed by atoms with van der Waals surface area (Å²) in [5.41, 5.74) is 2.43. The molecular formula is C17H13FN4O2S2. The summed E-state index contributed by atoms with van der Waals surface area (Å²) in [6.45, 7) is 1.88. The molecule has 1 N–H and O–H groups in total. The first-order valence-corrected chi connectivity index (χ1v) is 9.98. The van der Waals surface area contributed by atoms with Gasteiger partial charge in [-0.1, -0.05) is 17.7 Å². The first-order valence-electron chi connectivity index (χ1n) is 7.62. The first-order chi connectivity index (χ1) is 12.4. The second kappa shape index (κ2) is 6.19. The topological polar surface area (TPSA) is 76.4 Å². The Bertz CT molecular complexity index is 1180. The van der Waals surface area contributed by atoms with E-state index in [1.165, 1.54) is 40.1 Å². The van der Waals surface area contributed by atoms with Crippen molar-refractivity contribution in [3.05, 3.63) is 65.3 Å². The lowest BCUT2D eigenvalue weighted by atomic mass is 10.2. The van der Waals surface area contributed by atoms with Crippen molar-refractivity contribution in [1.82, 2.24) is 14.6 Å². The summed E-state index contributed by atoms with van der Waals surface area (Å²) >= 11 is 1.32. The highest BCUT2D eigenvalue weighted by atomic mass is 32.2. The quantitative estimate of drug-likeness (QED) is 0.578. The van der Waals surface area contributed by atoms with Crippen molar-refractivity contribution in [1.29, 1.82) is 0 Å². The van der Waals surface area contributed by atoms with Crippen LogP contribution < -0.4 is 4.72 Å². The number of nitrogens with one attached hydrogen (secondary N) is 1. The van der Waals surface area contributed by atoms with Crippen molar-refractivity contribution in [2.24, 2.45) is 0 Å². The van der Waals surface area contributed by atoms with Crippen LogP contribution in [0.4, 0.5) is 10.3 Å². The van der Waals surface area contributed by atoms with Crippen molar-refractivity contribution in [3.8, 4) is 11.3 Å². The first kappa shape index (κ1) is 16.7. The van der Waals surface area contributed by atoms with E-state index in [9.17, 15) is 12.8 Å². The van der Waals surface area contributed by atoms with Gasteiger partial charge in [0.1, 0.15) is 5.82 Å². The van der Waals surface area contributed by atoms with Crippen LogP contribution in [0.25, 0.3) is 16.2 Å². The molecule has 0 aliphatic carbocycles. The second-order valence-electron chi connectivity index (χ2n) is 5.68. The van der Waals surface area contributed by atoms with Gasteiger partial charge in [-0.3, -0.25) is 0 Å². The van der Waals surface area contributed by atoms with Crippen LogP contribution in [0.3, 0.4) is 0 Å². The van der Waals surface area contributed by atoms with Gasteiger partial charge in [0.15, 0.2) is 0 Å². The molecular weight excluding hydrogens is 375 g/mol. The van der Waals surface area contributed by atoms with E-state index in [1.807, 2.05) is 12.3 Å². The molecule has 0 amide bonds. The minimum absolute atomic E-state index is 0.0132. The number of aryl methyl sites for hydroxylation is 1. The van der Waals surface area contributed by atoms with Gasteiger partial charge in [0.25, 0.3) is 16.0 Å². The fourth-order valence-corrected chi connectivity index (χ4v) is 4.21. The number of fused-ring (bicyclic) bond motifs is 1. The van der Waals surface area contributed by atoms with Gasteiger partial charge in [-0.2, -0.15) is 4.98 Å². The molecule has 9 heteroatoms. The molecule has 26 heavy (non-hydrogen) atoms. The molecule has 2 heterocycles. The fourth-order valence-electron chi connectivity index (χ4n) is 2.44. The summed E-state index contributed by atoms with van der Waals surface area (Å²) in [4.78, 5) is 4.88. The molecule has 2 aromatic carbocycles. The summed E-state index contributed by atoms with van der Waals surface area (Å²) in [6, 6.07) is 12.5. The van der Waals surface area contributed by atoms with E-state index in [0.29, 0.717) is 10.7 Å². The number of hydrogen-bond acceptors (Lipinski definition) is 5. The molecule has 0 aliphatic heterocycles. The summed E-state index contributed by atoms with van der Waals surface area (Å²) in [6.07, 6.45) is 0. The van der Waals surface area contributed by atoms with E-state index in [1.54, 1.807) is 24.3 Å². The van der Waals surface area contributed by atoms with E-state index >= 15 is 0 Å².